The number of hydrogen-bond acceptors (Lipinski definition) is 1. The summed E-state index contributed by atoms with van der Waals surface area (Å²) in [6.07, 6.45) is 2.27. The molecule has 1 heterocycles. The van der Waals surface area contributed by atoms with E-state index in [1.54, 1.807) is 0 Å². The lowest BCUT2D eigenvalue weighted by atomic mass is 10.1. The summed E-state index contributed by atoms with van der Waals surface area (Å²) in [5.74, 6) is 0. The molecule has 2 nitrogen and oxygen atoms in total. The molecular formula is C15H22N2. The van der Waals surface area contributed by atoms with Gasteiger partial charge in [-0.2, -0.15) is 0 Å². The maximum atomic E-state index is 2.46. The quantitative estimate of drug-likeness (QED) is 0.782. The first-order valence-electron chi connectivity index (χ1n) is 6.42. The van der Waals surface area contributed by atoms with E-state index >= 15 is 0 Å². The standard InChI is InChI=1S/C15H22N2/c1-5-17(6-2)11-13-10-16(4)15-8-7-12(3)9-14(13)15/h7-10H,5-6,11H2,1-4H3. The van der Waals surface area contributed by atoms with Gasteiger partial charge >= 0.3 is 0 Å². The molecule has 2 heteroatoms. The molecule has 0 unspecified atom stereocenters. The number of aromatic nitrogens is 1. The minimum absolute atomic E-state index is 1.05. The summed E-state index contributed by atoms with van der Waals surface area (Å²) in [5, 5.41) is 1.40. The van der Waals surface area contributed by atoms with E-state index in [2.05, 4.69) is 61.7 Å². The highest BCUT2D eigenvalue weighted by molar-refractivity contribution is 5.84. The lowest BCUT2D eigenvalue weighted by molar-refractivity contribution is 0.297. The van der Waals surface area contributed by atoms with Crippen LogP contribution >= 0.6 is 0 Å². The average molecular weight is 230 g/mol. The number of benzene rings is 1. The molecule has 0 fully saturated rings. The Morgan fingerprint density at radius 2 is 1.88 bits per heavy atom. The zero-order valence-corrected chi connectivity index (χ0v) is 11.3. The Hall–Kier alpha value is -1.28. The molecule has 0 amide bonds. The van der Waals surface area contributed by atoms with E-state index in [1.807, 2.05) is 0 Å². The molecule has 2 rings (SSSR count). The van der Waals surface area contributed by atoms with E-state index in [0.29, 0.717) is 0 Å². The molecule has 0 saturated carbocycles. The maximum absolute atomic E-state index is 2.46. The topological polar surface area (TPSA) is 8.17 Å². The molecular weight excluding hydrogens is 208 g/mol. The van der Waals surface area contributed by atoms with Crippen LogP contribution in [0.2, 0.25) is 0 Å². The van der Waals surface area contributed by atoms with Crippen LogP contribution in [0.25, 0.3) is 10.9 Å². The Morgan fingerprint density at radius 1 is 1.18 bits per heavy atom. The molecule has 0 spiro atoms. The molecule has 0 bridgehead atoms. The zero-order valence-electron chi connectivity index (χ0n) is 11.3. The minimum Gasteiger partial charge on any atom is -0.350 e. The van der Waals surface area contributed by atoms with E-state index in [9.17, 15) is 0 Å². The third-order valence-electron chi connectivity index (χ3n) is 3.52. The molecule has 0 saturated heterocycles. The highest BCUT2D eigenvalue weighted by Crippen LogP contribution is 2.23. The highest BCUT2D eigenvalue weighted by atomic mass is 15.1. The summed E-state index contributed by atoms with van der Waals surface area (Å²) in [6.45, 7) is 9.87. The van der Waals surface area contributed by atoms with E-state index in [1.165, 1.54) is 22.0 Å². The summed E-state index contributed by atoms with van der Waals surface area (Å²) < 4.78 is 2.23. The molecule has 1 aromatic heterocycles. The molecule has 0 aliphatic rings. The molecule has 1 aromatic carbocycles. The van der Waals surface area contributed by atoms with Gasteiger partial charge in [0.05, 0.1) is 0 Å². The monoisotopic (exact) mass is 230 g/mol. The molecule has 0 aliphatic carbocycles. The van der Waals surface area contributed by atoms with Gasteiger partial charge in [0.15, 0.2) is 0 Å². The Kier molecular flexibility index (Phi) is 3.53. The first-order valence-corrected chi connectivity index (χ1v) is 6.42. The molecule has 2 aromatic rings. The molecule has 17 heavy (non-hydrogen) atoms. The number of hydrogen-bond donors (Lipinski definition) is 0. The molecule has 0 N–H and O–H groups in total. The van der Waals surface area contributed by atoms with Crippen LogP contribution in [-0.4, -0.2) is 22.6 Å². The smallest absolute Gasteiger partial charge is 0.0481 e. The van der Waals surface area contributed by atoms with Gasteiger partial charge < -0.3 is 4.57 Å². The van der Waals surface area contributed by atoms with Crippen molar-refractivity contribution in [3.63, 3.8) is 0 Å². The fourth-order valence-corrected chi connectivity index (χ4v) is 2.40. The Balaban J connectivity index is 2.43. The van der Waals surface area contributed by atoms with Gasteiger partial charge in [0, 0.05) is 30.7 Å². The summed E-state index contributed by atoms with van der Waals surface area (Å²) in [6, 6.07) is 6.70. The number of rotatable bonds is 4. The van der Waals surface area contributed by atoms with Gasteiger partial charge in [0.1, 0.15) is 0 Å². The average Bonchev–Trinajstić information content (AvgIpc) is 2.62. The van der Waals surface area contributed by atoms with Crippen LogP contribution < -0.4 is 0 Å². The second-order valence-electron chi connectivity index (χ2n) is 4.75. The van der Waals surface area contributed by atoms with Crippen molar-refractivity contribution in [1.82, 2.24) is 9.47 Å². The van der Waals surface area contributed by atoms with Crippen molar-refractivity contribution in [1.29, 1.82) is 0 Å². The minimum atomic E-state index is 1.05. The lowest BCUT2D eigenvalue weighted by Gasteiger charge is -2.17. The Labute approximate surface area is 104 Å². The third-order valence-corrected chi connectivity index (χ3v) is 3.52. The largest absolute Gasteiger partial charge is 0.350 e. The fraction of sp³-hybridized carbons (Fsp3) is 0.467. The van der Waals surface area contributed by atoms with Gasteiger partial charge in [0.2, 0.25) is 0 Å². The van der Waals surface area contributed by atoms with Crippen LogP contribution in [0.5, 0.6) is 0 Å². The van der Waals surface area contributed by atoms with E-state index < -0.39 is 0 Å². The fourth-order valence-electron chi connectivity index (χ4n) is 2.40. The predicted molar refractivity (Wildman–Crippen MR) is 74.3 cm³/mol. The molecule has 0 aliphatic heterocycles. The molecule has 0 atom stereocenters. The SMILES string of the molecule is CCN(CC)Cc1cn(C)c2ccc(C)cc12. The first kappa shape index (κ1) is 12.2. The van der Waals surface area contributed by atoms with Gasteiger partial charge in [-0.25, -0.2) is 0 Å². The summed E-state index contributed by atoms with van der Waals surface area (Å²) in [7, 11) is 2.13. The van der Waals surface area contributed by atoms with E-state index in [4.69, 9.17) is 0 Å². The van der Waals surface area contributed by atoms with Crippen molar-refractivity contribution in [3.8, 4) is 0 Å². The van der Waals surface area contributed by atoms with Gasteiger partial charge in [-0.1, -0.05) is 25.5 Å². The first-order chi connectivity index (χ1) is 8.15. The van der Waals surface area contributed by atoms with Crippen LogP contribution in [0.15, 0.2) is 24.4 Å². The summed E-state index contributed by atoms with van der Waals surface area (Å²) >= 11 is 0. The van der Waals surface area contributed by atoms with Crippen LogP contribution in [0.4, 0.5) is 0 Å². The normalized spacial score (nSPS) is 11.6. The number of aryl methyl sites for hydroxylation is 2. The van der Waals surface area contributed by atoms with Crippen molar-refractivity contribution in [3.05, 3.63) is 35.5 Å². The highest BCUT2D eigenvalue weighted by Gasteiger charge is 2.09. The number of nitrogens with zero attached hydrogens (tertiary/aromatic N) is 2. The molecule has 0 radical (unpaired) electrons. The summed E-state index contributed by atoms with van der Waals surface area (Å²) in [4.78, 5) is 2.46. The van der Waals surface area contributed by atoms with Crippen molar-refractivity contribution < 1.29 is 0 Å². The second kappa shape index (κ2) is 4.92. The van der Waals surface area contributed by atoms with E-state index in [-0.39, 0.29) is 0 Å². The maximum Gasteiger partial charge on any atom is 0.0481 e. The van der Waals surface area contributed by atoms with Crippen molar-refractivity contribution >= 4 is 10.9 Å². The molecule has 92 valence electrons. The van der Waals surface area contributed by atoms with Gasteiger partial charge in [-0.3, -0.25) is 4.90 Å². The van der Waals surface area contributed by atoms with Crippen molar-refractivity contribution in [2.75, 3.05) is 13.1 Å². The van der Waals surface area contributed by atoms with Gasteiger partial charge in [-0.15, -0.1) is 0 Å². The van der Waals surface area contributed by atoms with Crippen LogP contribution in [0, 0.1) is 6.92 Å². The number of fused-ring (bicyclic) bond motifs is 1. The van der Waals surface area contributed by atoms with Gasteiger partial charge in [-0.05, 0) is 37.7 Å². The third kappa shape index (κ3) is 2.37. The van der Waals surface area contributed by atoms with Crippen molar-refractivity contribution in [2.45, 2.75) is 27.3 Å². The van der Waals surface area contributed by atoms with Crippen LogP contribution in [-0.2, 0) is 13.6 Å². The second-order valence-corrected chi connectivity index (χ2v) is 4.75. The summed E-state index contributed by atoms with van der Waals surface area (Å²) in [5.41, 5.74) is 4.11. The predicted octanol–water partition coefficient (Wildman–Crippen LogP) is 3.33. The Morgan fingerprint density at radius 3 is 2.53 bits per heavy atom. The van der Waals surface area contributed by atoms with Crippen LogP contribution in [0.1, 0.15) is 25.0 Å². The van der Waals surface area contributed by atoms with E-state index in [0.717, 1.165) is 19.6 Å². The van der Waals surface area contributed by atoms with Crippen molar-refractivity contribution in [2.24, 2.45) is 7.05 Å². The lowest BCUT2D eigenvalue weighted by Crippen LogP contribution is -2.21. The Bertz CT molecular complexity index is 507. The zero-order chi connectivity index (χ0) is 12.4. The van der Waals surface area contributed by atoms with Gasteiger partial charge in [0.25, 0.3) is 0 Å². The van der Waals surface area contributed by atoms with Crippen LogP contribution in [0.3, 0.4) is 0 Å².